The largest absolute Gasteiger partial charge is 0.507 e. The van der Waals surface area contributed by atoms with Crippen molar-refractivity contribution in [2.45, 2.75) is 13.8 Å². The van der Waals surface area contributed by atoms with Gasteiger partial charge >= 0.3 is 0 Å². The van der Waals surface area contributed by atoms with Gasteiger partial charge in [-0.2, -0.15) is 5.26 Å². The zero-order chi connectivity index (χ0) is 13.1. The number of rotatable bonds is 3. The van der Waals surface area contributed by atoms with Crippen LogP contribution in [-0.2, 0) is 0 Å². The molecule has 90 valence electrons. The molecule has 0 saturated carbocycles. The lowest BCUT2D eigenvalue weighted by Crippen LogP contribution is -2.33. The van der Waals surface area contributed by atoms with Gasteiger partial charge in [0.25, 0.3) is 5.91 Å². The van der Waals surface area contributed by atoms with Gasteiger partial charge in [-0.3, -0.25) is 4.79 Å². The monoisotopic (exact) mass is 252 g/mol. The number of carbonyl (C=O) groups excluding carboxylic acids is 1. The minimum Gasteiger partial charge on any atom is -0.507 e. The molecule has 0 aliphatic heterocycles. The summed E-state index contributed by atoms with van der Waals surface area (Å²) in [6.07, 6.45) is 0. The van der Waals surface area contributed by atoms with E-state index in [1.54, 1.807) is 13.8 Å². The van der Waals surface area contributed by atoms with Crippen molar-refractivity contribution in [1.82, 2.24) is 5.32 Å². The predicted octanol–water partition coefficient (Wildman–Crippen LogP) is 2.33. The molecule has 5 heteroatoms. The van der Waals surface area contributed by atoms with Gasteiger partial charge in [0, 0.05) is 11.6 Å². The fourth-order valence-corrected chi connectivity index (χ4v) is 1.30. The lowest BCUT2D eigenvalue weighted by atomic mass is 9.96. The number of nitriles is 1. The molecular weight excluding hydrogens is 240 g/mol. The molecule has 2 N–H and O–H groups in total. The van der Waals surface area contributed by atoms with E-state index >= 15 is 0 Å². The second-order valence-electron chi connectivity index (χ2n) is 4.34. The van der Waals surface area contributed by atoms with Crippen molar-refractivity contribution in [2.75, 3.05) is 6.54 Å². The molecule has 0 spiro atoms. The number of carbonyl (C=O) groups is 1. The molecule has 1 amide bonds. The maximum absolute atomic E-state index is 11.7. The van der Waals surface area contributed by atoms with Gasteiger partial charge in [-0.05, 0) is 32.0 Å². The van der Waals surface area contributed by atoms with Gasteiger partial charge in [0.05, 0.1) is 17.0 Å². The highest BCUT2D eigenvalue weighted by Crippen LogP contribution is 2.21. The molecule has 17 heavy (non-hydrogen) atoms. The Kier molecular flexibility index (Phi) is 3.97. The molecule has 1 aromatic carbocycles. The van der Waals surface area contributed by atoms with Crippen LogP contribution in [0.15, 0.2) is 18.2 Å². The van der Waals surface area contributed by atoms with E-state index in [2.05, 4.69) is 11.4 Å². The first-order valence-electron chi connectivity index (χ1n) is 5.04. The van der Waals surface area contributed by atoms with Crippen LogP contribution in [0.25, 0.3) is 0 Å². The highest BCUT2D eigenvalue weighted by atomic mass is 35.5. The minimum atomic E-state index is -0.649. The van der Waals surface area contributed by atoms with Crippen molar-refractivity contribution < 1.29 is 9.90 Å². The van der Waals surface area contributed by atoms with Crippen molar-refractivity contribution in [3.63, 3.8) is 0 Å². The van der Waals surface area contributed by atoms with Crippen LogP contribution in [0.2, 0.25) is 5.02 Å². The van der Waals surface area contributed by atoms with Crippen LogP contribution in [0, 0.1) is 16.7 Å². The summed E-state index contributed by atoms with van der Waals surface area (Å²) in [5.74, 6) is -0.588. The Balaban J connectivity index is 2.78. The summed E-state index contributed by atoms with van der Waals surface area (Å²) >= 11 is 5.73. The molecule has 0 atom stereocenters. The van der Waals surface area contributed by atoms with E-state index in [9.17, 15) is 9.90 Å². The number of hydrogen-bond acceptors (Lipinski definition) is 3. The molecule has 0 aliphatic rings. The topological polar surface area (TPSA) is 73.1 Å². The molecule has 0 unspecified atom stereocenters. The molecule has 0 aliphatic carbocycles. The van der Waals surface area contributed by atoms with Crippen molar-refractivity contribution in [3.8, 4) is 11.8 Å². The number of amides is 1. The van der Waals surface area contributed by atoms with E-state index in [0.717, 1.165) is 0 Å². The van der Waals surface area contributed by atoms with Gasteiger partial charge in [0.2, 0.25) is 0 Å². The third kappa shape index (κ3) is 3.65. The third-order valence-electron chi connectivity index (χ3n) is 2.20. The Morgan fingerprint density at radius 1 is 1.59 bits per heavy atom. The van der Waals surface area contributed by atoms with Crippen LogP contribution in [0.4, 0.5) is 0 Å². The molecule has 1 aromatic rings. The molecule has 0 fully saturated rings. The molecule has 0 heterocycles. The lowest BCUT2D eigenvalue weighted by Gasteiger charge is -2.16. The number of hydrogen-bond donors (Lipinski definition) is 2. The molecule has 0 radical (unpaired) electrons. The van der Waals surface area contributed by atoms with Crippen LogP contribution in [0.1, 0.15) is 24.2 Å². The predicted molar refractivity (Wildman–Crippen MR) is 64.8 cm³/mol. The maximum Gasteiger partial charge on any atom is 0.255 e. The zero-order valence-corrected chi connectivity index (χ0v) is 10.4. The number of phenolic OH excluding ortho intramolecular Hbond substituents is 1. The number of nitrogens with one attached hydrogen (secondary N) is 1. The summed E-state index contributed by atoms with van der Waals surface area (Å²) in [6.45, 7) is 3.63. The Morgan fingerprint density at radius 3 is 2.82 bits per heavy atom. The lowest BCUT2D eigenvalue weighted by molar-refractivity contribution is 0.0941. The summed E-state index contributed by atoms with van der Waals surface area (Å²) in [5.41, 5.74) is -0.546. The fourth-order valence-electron chi connectivity index (χ4n) is 1.13. The normalized spacial score (nSPS) is 10.7. The molecule has 1 rings (SSSR count). The second-order valence-corrected chi connectivity index (χ2v) is 4.78. The average Bonchev–Trinajstić information content (AvgIpc) is 2.29. The van der Waals surface area contributed by atoms with Crippen LogP contribution >= 0.6 is 11.6 Å². The van der Waals surface area contributed by atoms with Crippen molar-refractivity contribution in [2.24, 2.45) is 5.41 Å². The molecule has 0 aromatic heterocycles. The SMILES string of the molecule is CC(C)(C#N)CNC(=O)c1cc(Cl)ccc1O. The average molecular weight is 253 g/mol. The Labute approximate surface area is 105 Å². The summed E-state index contributed by atoms with van der Waals surface area (Å²) in [6, 6.07) is 6.30. The van der Waals surface area contributed by atoms with Gasteiger partial charge in [-0.25, -0.2) is 0 Å². The van der Waals surface area contributed by atoms with Crippen molar-refractivity contribution >= 4 is 17.5 Å². The van der Waals surface area contributed by atoms with E-state index in [1.807, 2.05) is 0 Å². The number of phenols is 1. The van der Waals surface area contributed by atoms with E-state index in [-0.39, 0.29) is 17.9 Å². The first kappa shape index (κ1) is 13.3. The summed E-state index contributed by atoms with van der Waals surface area (Å²) in [7, 11) is 0. The number of nitrogens with zero attached hydrogens (tertiary/aromatic N) is 1. The summed E-state index contributed by atoms with van der Waals surface area (Å²) < 4.78 is 0. The Hall–Kier alpha value is -1.73. The smallest absolute Gasteiger partial charge is 0.255 e. The molecule has 0 saturated heterocycles. The molecular formula is C12H13ClN2O2. The second kappa shape index (κ2) is 5.07. The number of halogens is 1. The van der Waals surface area contributed by atoms with Gasteiger partial charge < -0.3 is 10.4 Å². The Bertz CT molecular complexity index is 478. The quantitative estimate of drug-likeness (QED) is 0.867. The summed E-state index contributed by atoms with van der Waals surface area (Å²) in [4.78, 5) is 11.7. The van der Waals surface area contributed by atoms with Crippen LogP contribution < -0.4 is 5.32 Å². The van der Waals surface area contributed by atoms with Gasteiger partial charge in [0.15, 0.2) is 0 Å². The first-order valence-corrected chi connectivity index (χ1v) is 5.41. The Morgan fingerprint density at radius 2 is 2.24 bits per heavy atom. The highest BCUT2D eigenvalue weighted by molar-refractivity contribution is 6.31. The van der Waals surface area contributed by atoms with E-state index < -0.39 is 11.3 Å². The van der Waals surface area contributed by atoms with Crippen LogP contribution in [-0.4, -0.2) is 17.6 Å². The summed E-state index contributed by atoms with van der Waals surface area (Å²) in [5, 5.41) is 21.3. The number of aromatic hydroxyl groups is 1. The molecule has 4 nitrogen and oxygen atoms in total. The first-order chi connectivity index (χ1) is 7.85. The molecule has 0 bridgehead atoms. The van der Waals surface area contributed by atoms with Crippen molar-refractivity contribution in [1.29, 1.82) is 5.26 Å². The van der Waals surface area contributed by atoms with Gasteiger partial charge in [-0.15, -0.1) is 0 Å². The van der Waals surface area contributed by atoms with Crippen molar-refractivity contribution in [3.05, 3.63) is 28.8 Å². The minimum absolute atomic E-state index is 0.103. The zero-order valence-electron chi connectivity index (χ0n) is 9.62. The highest BCUT2D eigenvalue weighted by Gasteiger charge is 2.19. The number of benzene rings is 1. The van der Waals surface area contributed by atoms with E-state index in [4.69, 9.17) is 16.9 Å². The fraction of sp³-hybridized carbons (Fsp3) is 0.333. The van der Waals surface area contributed by atoms with E-state index in [0.29, 0.717) is 5.02 Å². The van der Waals surface area contributed by atoms with E-state index in [1.165, 1.54) is 18.2 Å². The standard InChI is InChI=1S/C12H13ClN2O2/c1-12(2,6-14)7-15-11(17)9-5-8(13)3-4-10(9)16/h3-5,16H,7H2,1-2H3,(H,15,17). The third-order valence-corrected chi connectivity index (χ3v) is 2.43. The van der Waals surface area contributed by atoms with Gasteiger partial charge in [-0.1, -0.05) is 11.6 Å². The van der Waals surface area contributed by atoms with Gasteiger partial charge in [0.1, 0.15) is 5.75 Å². The van der Waals surface area contributed by atoms with Crippen LogP contribution in [0.3, 0.4) is 0 Å². The van der Waals surface area contributed by atoms with Crippen LogP contribution in [0.5, 0.6) is 5.75 Å². The maximum atomic E-state index is 11.7.